The zero-order valence-corrected chi connectivity index (χ0v) is 6.98. The van der Waals surface area contributed by atoms with Crippen molar-refractivity contribution in [2.75, 3.05) is 23.9 Å². The van der Waals surface area contributed by atoms with E-state index in [2.05, 4.69) is 6.26 Å². The summed E-state index contributed by atoms with van der Waals surface area (Å²) in [5, 5.41) is 1.14. The quantitative estimate of drug-likeness (QED) is 0.441. The van der Waals surface area contributed by atoms with Crippen molar-refractivity contribution in [1.82, 2.24) is 0 Å². The number of hydrogen-bond donors (Lipinski definition) is 0. The van der Waals surface area contributed by atoms with Crippen molar-refractivity contribution in [2.24, 2.45) is 0 Å². The summed E-state index contributed by atoms with van der Waals surface area (Å²) in [6.45, 7) is 2.85. The molecule has 0 spiro atoms. The summed E-state index contributed by atoms with van der Waals surface area (Å²) >= 11 is 3.65. The second-order valence-corrected chi connectivity index (χ2v) is 3.39. The Morgan fingerprint density at radius 2 is 2.25 bits per heavy atom. The van der Waals surface area contributed by atoms with Gasteiger partial charge >= 0.3 is 0 Å². The largest absolute Gasteiger partial charge is 0.371 e. The molecule has 0 aromatic carbocycles. The van der Waals surface area contributed by atoms with Crippen LogP contribution in [0.3, 0.4) is 0 Å². The first-order valence-electron chi connectivity index (χ1n) is 2.56. The lowest BCUT2D eigenvalue weighted by molar-refractivity contribution is 0.199. The van der Waals surface area contributed by atoms with Crippen molar-refractivity contribution in [2.45, 2.75) is 6.92 Å². The van der Waals surface area contributed by atoms with Gasteiger partial charge in [0.15, 0.2) is 0 Å². The molecule has 0 aliphatic heterocycles. The van der Waals surface area contributed by atoms with Crippen LogP contribution in [0, 0.1) is 0 Å². The van der Waals surface area contributed by atoms with Crippen molar-refractivity contribution in [1.29, 1.82) is 0 Å². The first kappa shape index (κ1) is 8.66. The van der Waals surface area contributed by atoms with Gasteiger partial charge in [-0.3, -0.25) is 0 Å². The molecule has 0 saturated heterocycles. The van der Waals surface area contributed by atoms with E-state index in [0.29, 0.717) is 0 Å². The SMILES string of the molecule is CCOCSCSC. The summed E-state index contributed by atoms with van der Waals surface area (Å²) in [4.78, 5) is 0. The number of rotatable bonds is 5. The predicted octanol–water partition coefficient (Wildman–Crippen LogP) is 2.03. The molecule has 0 aliphatic rings. The van der Waals surface area contributed by atoms with E-state index in [1.165, 1.54) is 0 Å². The van der Waals surface area contributed by atoms with E-state index in [1.807, 2.05) is 30.4 Å². The fourth-order valence-corrected chi connectivity index (χ4v) is 1.48. The standard InChI is InChI=1S/C5H12OS2/c1-3-6-4-8-5-7-2/h3-5H2,1-2H3. The Morgan fingerprint density at radius 1 is 1.50 bits per heavy atom. The first-order valence-corrected chi connectivity index (χ1v) is 5.11. The number of thioether (sulfide) groups is 2. The Balaban J connectivity index is 2.53. The number of ether oxygens (including phenoxy) is 1. The van der Waals surface area contributed by atoms with Crippen LogP contribution in [0.4, 0.5) is 0 Å². The lowest BCUT2D eigenvalue weighted by Crippen LogP contribution is -1.87. The second kappa shape index (κ2) is 7.66. The van der Waals surface area contributed by atoms with Crippen molar-refractivity contribution >= 4 is 23.5 Å². The lowest BCUT2D eigenvalue weighted by Gasteiger charge is -1.96. The van der Waals surface area contributed by atoms with Gasteiger partial charge in [-0.2, -0.15) is 11.8 Å². The molecule has 1 nitrogen and oxygen atoms in total. The minimum Gasteiger partial charge on any atom is -0.371 e. The molecule has 0 aromatic heterocycles. The van der Waals surface area contributed by atoms with Crippen LogP contribution in [-0.2, 0) is 4.74 Å². The summed E-state index contributed by atoms with van der Waals surface area (Å²) in [6.07, 6.45) is 2.10. The van der Waals surface area contributed by atoms with Crippen LogP contribution < -0.4 is 0 Å². The maximum absolute atomic E-state index is 5.09. The van der Waals surface area contributed by atoms with Crippen molar-refractivity contribution in [3.8, 4) is 0 Å². The lowest BCUT2D eigenvalue weighted by atomic mass is 10.9. The smallest absolute Gasteiger partial charge is 0.0928 e. The first-order chi connectivity index (χ1) is 3.91. The molecule has 0 N–H and O–H groups in total. The third-order valence-corrected chi connectivity index (χ3v) is 2.51. The van der Waals surface area contributed by atoms with E-state index in [-0.39, 0.29) is 0 Å². The minimum atomic E-state index is 0.835. The molecule has 0 aliphatic carbocycles. The van der Waals surface area contributed by atoms with Gasteiger partial charge in [0.2, 0.25) is 0 Å². The summed E-state index contributed by atoms with van der Waals surface area (Å²) in [7, 11) is 0. The molecule has 0 radical (unpaired) electrons. The molecule has 0 bridgehead atoms. The predicted molar refractivity (Wildman–Crippen MR) is 42.5 cm³/mol. The van der Waals surface area contributed by atoms with Crippen LogP contribution >= 0.6 is 23.5 Å². The minimum absolute atomic E-state index is 0.835. The maximum atomic E-state index is 5.09. The van der Waals surface area contributed by atoms with Crippen LogP contribution in [0.1, 0.15) is 6.92 Å². The summed E-state index contributed by atoms with van der Waals surface area (Å²) in [5.41, 5.74) is 0. The topological polar surface area (TPSA) is 9.23 Å². The van der Waals surface area contributed by atoms with Gasteiger partial charge in [0.25, 0.3) is 0 Å². The van der Waals surface area contributed by atoms with Gasteiger partial charge in [0.05, 0.1) is 5.94 Å². The van der Waals surface area contributed by atoms with Gasteiger partial charge in [0.1, 0.15) is 0 Å². The molecule has 0 atom stereocenters. The van der Waals surface area contributed by atoms with E-state index >= 15 is 0 Å². The summed E-state index contributed by atoms with van der Waals surface area (Å²) in [5.74, 6) is 0.845. The fourth-order valence-electron chi connectivity index (χ4n) is 0.260. The van der Waals surface area contributed by atoms with Crippen LogP contribution in [0.25, 0.3) is 0 Å². The highest BCUT2D eigenvalue weighted by atomic mass is 32.2. The molecular weight excluding hydrogens is 140 g/mol. The van der Waals surface area contributed by atoms with Gasteiger partial charge in [-0.1, -0.05) is 0 Å². The van der Waals surface area contributed by atoms with E-state index in [1.54, 1.807) is 0 Å². The Morgan fingerprint density at radius 3 is 2.75 bits per heavy atom. The highest BCUT2D eigenvalue weighted by Crippen LogP contribution is 2.07. The molecule has 3 heteroatoms. The van der Waals surface area contributed by atoms with Gasteiger partial charge in [-0.05, 0) is 13.2 Å². The normalized spacial score (nSPS) is 9.75. The molecule has 0 fully saturated rings. The third-order valence-electron chi connectivity index (χ3n) is 0.572. The van der Waals surface area contributed by atoms with E-state index in [4.69, 9.17) is 4.74 Å². The monoisotopic (exact) mass is 152 g/mol. The molecule has 0 unspecified atom stereocenters. The van der Waals surface area contributed by atoms with Crippen LogP contribution in [0.15, 0.2) is 0 Å². The Hall–Kier alpha value is 0.660. The molecule has 0 saturated carbocycles. The Kier molecular flexibility index (Phi) is 8.29. The molecule has 50 valence electrons. The van der Waals surface area contributed by atoms with Crippen molar-refractivity contribution in [3.63, 3.8) is 0 Å². The molecule has 0 amide bonds. The van der Waals surface area contributed by atoms with Crippen LogP contribution in [0.2, 0.25) is 0 Å². The van der Waals surface area contributed by atoms with E-state index in [0.717, 1.165) is 17.6 Å². The average molecular weight is 152 g/mol. The zero-order valence-electron chi connectivity index (χ0n) is 5.35. The summed E-state index contributed by atoms with van der Waals surface area (Å²) < 4.78 is 5.09. The molecule has 8 heavy (non-hydrogen) atoms. The van der Waals surface area contributed by atoms with Gasteiger partial charge < -0.3 is 4.74 Å². The fraction of sp³-hybridized carbons (Fsp3) is 1.00. The van der Waals surface area contributed by atoms with Gasteiger partial charge in [-0.25, -0.2) is 0 Å². The maximum Gasteiger partial charge on any atom is 0.0928 e. The van der Waals surface area contributed by atoms with E-state index < -0.39 is 0 Å². The molecule has 0 rings (SSSR count). The van der Waals surface area contributed by atoms with Gasteiger partial charge in [-0.15, -0.1) is 11.8 Å². The summed E-state index contributed by atoms with van der Waals surface area (Å²) in [6, 6.07) is 0. The zero-order chi connectivity index (χ0) is 6.24. The molecule has 0 heterocycles. The van der Waals surface area contributed by atoms with Crippen molar-refractivity contribution < 1.29 is 4.74 Å². The Labute approximate surface area is 59.6 Å². The van der Waals surface area contributed by atoms with Crippen LogP contribution in [0.5, 0.6) is 0 Å². The third kappa shape index (κ3) is 6.66. The molecular formula is C5H12OS2. The van der Waals surface area contributed by atoms with E-state index in [9.17, 15) is 0 Å². The van der Waals surface area contributed by atoms with Gasteiger partial charge in [0, 0.05) is 11.7 Å². The van der Waals surface area contributed by atoms with Crippen molar-refractivity contribution in [3.05, 3.63) is 0 Å². The highest BCUT2D eigenvalue weighted by Gasteiger charge is 1.82. The number of hydrogen-bond acceptors (Lipinski definition) is 3. The highest BCUT2D eigenvalue weighted by molar-refractivity contribution is 8.15. The molecule has 0 aromatic rings. The average Bonchev–Trinajstić information content (AvgIpc) is 1.81. The second-order valence-electron chi connectivity index (χ2n) is 1.22. The Bertz CT molecular complexity index is 35.4. The van der Waals surface area contributed by atoms with Crippen LogP contribution in [-0.4, -0.2) is 23.9 Å².